The van der Waals surface area contributed by atoms with Crippen LogP contribution in [0.4, 0.5) is 17.6 Å². The summed E-state index contributed by atoms with van der Waals surface area (Å²) >= 11 is 1.55. The summed E-state index contributed by atoms with van der Waals surface area (Å²) in [7, 11) is -3.61. The number of anilines is 3. The molecule has 6 heterocycles. The molecule has 2 aliphatic rings. The molecule has 0 saturated carbocycles. The van der Waals surface area contributed by atoms with Gasteiger partial charge in [0.2, 0.25) is 5.95 Å². The maximum absolute atomic E-state index is 13.3. The average molecular weight is 497 g/mol. The van der Waals surface area contributed by atoms with E-state index in [9.17, 15) is 8.42 Å². The van der Waals surface area contributed by atoms with Gasteiger partial charge in [0.15, 0.2) is 10.8 Å². The van der Waals surface area contributed by atoms with Gasteiger partial charge in [0.05, 0.1) is 5.39 Å². The van der Waals surface area contributed by atoms with Gasteiger partial charge in [-0.3, -0.25) is 5.10 Å². The SMILES string of the molecule is Cc1cc(Nc2nc(NC3CC4CCC(C3)N4S(=O)(=O)c3ccccn3)nc3sccc23)n[nH]1. The van der Waals surface area contributed by atoms with Crippen molar-refractivity contribution < 1.29 is 8.42 Å². The fraction of sp³-hybridized carbons (Fsp3) is 0.364. The van der Waals surface area contributed by atoms with Gasteiger partial charge < -0.3 is 10.6 Å². The summed E-state index contributed by atoms with van der Waals surface area (Å²) in [5.41, 5.74) is 0.958. The number of hydrogen-bond donors (Lipinski definition) is 3. The van der Waals surface area contributed by atoms with E-state index in [2.05, 4.69) is 25.8 Å². The van der Waals surface area contributed by atoms with Gasteiger partial charge in [-0.05, 0) is 56.2 Å². The van der Waals surface area contributed by atoms with E-state index in [0.717, 1.165) is 28.8 Å². The predicted molar refractivity (Wildman–Crippen MR) is 131 cm³/mol. The molecular formula is C22H24N8O2S2. The number of nitrogens with one attached hydrogen (secondary N) is 3. The Kier molecular flexibility index (Phi) is 5.23. The fourth-order valence-corrected chi connectivity index (χ4v) is 7.65. The van der Waals surface area contributed by atoms with Crippen molar-refractivity contribution in [2.45, 2.75) is 55.8 Å². The van der Waals surface area contributed by atoms with Crippen LogP contribution >= 0.6 is 11.3 Å². The molecule has 2 fully saturated rings. The van der Waals surface area contributed by atoms with Crippen LogP contribution < -0.4 is 10.6 Å². The zero-order chi connectivity index (χ0) is 23.3. The van der Waals surface area contributed by atoms with Gasteiger partial charge in [0, 0.05) is 36.1 Å². The first-order valence-corrected chi connectivity index (χ1v) is 13.5. The molecule has 34 heavy (non-hydrogen) atoms. The summed E-state index contributed by atoms with van der Waals surface area (Å²) in [6, 6.07) is 8.89. The maximum atomic E-state index is 13.3. The van der Waals surface area contributed by atoms with Crippen LogP contribution in [-0.2, 0) is 10.0 Å². The van der Waals surface area contributed by atoms with Crippen LogP contribution in [0.5, 0.6) is 0 Å². The number of pyridine rings is 1. The van der Waals surface area contributed by atoms with Crippen molar-refractivity contribution in [2.24, 2.45) is 0 Å². The zero-order valence-corrected chi connectivity index (χ0v) is 20.1. The van der Waals surface area contributed by atoms with Crippen LogP contribution in [0.3, 0.4) is 0 Å². The molecule has 4 aromatic heterocycles. The Morgan fingerprint density at radius 2 is 1.97 bits per heavy atom. The smallest absolute Gasteiger partial charge is 0.261 e. The van der Waals surface area contributed by atoms with Crippen molar-refractivity contribution >= 4 is 49.2 Å². The van der Waals surface area contributed by atoms with Crippen molar-refractivity contribution in [1.29, 1.82) is 0 Å². The minimum Gasteiger partial charge on any atom is -0.351 e. The molecule has 0 aromatic carbocycles. The number of piperidine rings is 1. The molecule has 0 amide bonds. The van der Waals surface area contributed by atoms with E-state index in [0.29, 0.717) is 30.4 Å². The van der Waals surface area contributed by atoms with E-state index in [1.807, 2.05) is 24.4 Å². The van der Waals surface area contributed by atoms with Crippen LogP contribution in [0.1, 0.15) is 31.4 Å². The van der Waals surface area contributed by atoms with Gasteiger partial charge in [-0.2, -0.15) is 14.4 Å². The summed E-state index contributed by atoms with van der Waals surface area (Å²) < 4.78 is 28.2. The quantitative estimate of drug-likeness (QED) is 0.369. The lowest BCUT2D eigenvalue weighted by atomic mass is 10.00. The molecule has 2 unspecified atom stereocenters. The lowest BCUT2D eigenvalue weighted by molar-refractivity contribution is 0.234. The van der Waals surface area contributed by atoms with E-state index in [1.54, 1.807) is 33.8 Å². The monoisotopic (exact) mass is 496 g/mol. The first kappa shape index (κ1) is 21.4. The van der Waals surface area contributed by atoms with Gasteiger partial charge in [0.1, 0.15) is 10.6 Å². The van der Waals surface area contributed by atoms with E-state index < -0.39 is 10.0 Å². The molecule has 0 aliphatic carbocycles. The number of H-pyrrole nitrogens is 1. The second-order valence-corrected chi connectivity index (χ2v) is 11.5. The van der Waals surface area contributed by atoms with Gasteiger partial charge in [0.25, 0.3) is 10.0 Å². The van der Waals surface area contributed by atoms with Crippen LogP contribution in [0.15, 0.2) is 46.9 Å². The Hall–Kier alpha value is -3.09. The molecule has 2 saturated heterocycles. The van der Waals surface area contributed by atoms with Gasteiger partial charge in [-0.15, -0.1) is 11.3 Å². The number of aryl methyl sites for hydroxylation is 1. The van der Waals surface area contributed by atoms with Crippen molar-refractivity contribution in [2.75, 3.05) is 10.6 Å². The predicted octanol–water partition coefficient (Wildman–Crippen LogP) is 3.66. The van der Waals surface area contributed by atoms with E-state index >= 15 is 0 Å². The van der Waals surface area contributed by atoms with Crippen molar-refractivity contribution in [3.05, 3.63) is 47.6 Å². The Morgan fingerprint density at radius 1 is 1.15 bits per heavy atom. The number of sulfonamides is 1. The van der Waals surface area contributed by atoms with Crippen molar-refractivity contribution in [3.8, 4) is 0 Å². The number of rotatable bonds is 6. The molecule has 12 heteroatoms. The molecule has 0 radical (unpaired) electrons. The number of nitrogens with zero attached hydrogens (tertiary/aromatic N) is 5. The fourth-order valence-electron chi connectivity index (χ4n) is 5.05. The lowest BCUT2D eigenvalue weighted by Gasteiger charge is -2.37. The number of aromatic nitrogens is 5. The number of hydrogen-bond acceptors (Lipinski definition) is 9. The standard InChI is InChI=1S/C22H24N8O2S2/c1-13-10-18(29-28-13)25-20-17-7-9-33-21(17)27-22(26-20)24-14-11-15-5-6-16(12-14)30(15)34(31,32)19-4-2-3-8-23-19/h2-4,7-10,14-16H,5-6,11-12H2,1H3,(H3,24,25,26,27,28,29). The maximum Gasteiger partial charge on any atom is 0.261 e. The topological polar surface area (TPSA) is 129 Å². The third-order valence-electron chi connectivity index (χ3n) is 6.46. The second kappa shape index (κ2) is 8.29. The summed E-state index contributed by atoms with van der Waals surface area (Å²) in [5.74, 6) is 1.93. The average Bonchev–Trinajstić information content (AvgIpc) is 3.53. The van der Waals surface area contributed by atoms with E-state index in [-0.39, 0.29) is 23.2 Å². The molecule has 2 atom stereocenters. The Morgan fingerprint density at radius 3 is 2.68 bits per heavy atom. The Bertz CT molecular complexity index is 1420. The first-order chi connectivity index (χ1) is 16.5. The second-order valence-electron chi connectivity index (χ2n) is 8.80. The number of aromatic amines is 1. The highest BCUT2D eigenvalue weighted by molar-refractivity contribution is 7.89. The summed E-state index contributed by atoms with van der Waals surface area (Å²) in [6.07, 6.45) is 4.64. The zero-order valence-electron chi connectivity index (χ0n) is 18.5. The number of fused-ring (bicyclic) bond motifs is 3. The molecular weight excluding hydrogens is 472 g/mol. The molecule has 2 bridgehead atoms. The largest absolute Gasteiger partial charge is 0.351 e. The Labute approximate surface area is 200 Å². The van der Waals surface area contributed by atoms with Crippen molar-refractivity contribution in [3.63, 3.8) is 0 Å². The van der Waals surface area contributed by atoms with Crippen LogP contribution in [0, 0.1) is 6.92 Å². The van der Waals surface area contributed by atoms with Crippen LogP contribution in [0.2, 0.25) is 0 Å². The highest BCUT2D eigenvalue weighted by Crippen LogP contribution is 2.40. The molecule has 6 rings (SSSR count). The normalized spacial score (nSPS) is 22.8. The third kappa shape index (κ3) is 3.81. The van der Waals surface area contributed by atoms with Crippen LogP contribution in [0.25, 0.3) is 10.2 Å². The minimum absolute atomic E-state index is 0.0571. The van der Waals surface area contributed by atoms with E-state index in [4.69, 9.17) is 9.97 Å². The Balaban J connectivity index is 1.23. The van der Waals surface area contributed by atoms with Crippen LogP contribution in [-0.4, -0.2) is 56.0 Å². The summed E-state index contributed by atoms with van der Waals surface area (Å²) in [4.78, 5) is 14.4. The minimum atomic E-state index is -3.61. The highest BCUT2D eigenvalue weighted by atomic mass is 32.2. The third-order valence-corrected chi connectivity index (χ3v) is 9.18. The molecule has 4 aromatic rings. The van der Waals surface area contributed by atoms with E-state index in [1.165, 1.54) is 6.20 Å². The number of thiophene rings is 1. The molecule has 176 valence electrons. The summed E-state index contributed by atoms with van der Waals surface area (Å²) in [6.45, 7) is 1.94. The van der Waals surface area contributed by atoms with Crippen molar-refractivity contribution in [1.82, 2.24) is 29.5 Å². The highest BCUT2D eigenvalue weighted by Gasteiger charge is 2.47. The van der Waals surface area contributed by atoms with Gasteiger partial charge >= 0.3 is 0 Å². The molecule has 10 nitrogen and oxygen atoms in total. The van der Waals surface area contributed by atoms with Gasteiger partial charge in [-0.1, -0.05) is 6.07 Å². The molecule has 3 N–H and O–H groups in total. The summed E-state index contributed by atoms with van der Waals surface area (Å²) in [5, 5.41) is 17.0. The molecule has 0 spiro atoms. The first-order valence-electron chi connectivity index (χ1n) is 11.2. The lowest BCUT2D eigenvalue weighted by Crippen LogP contribution is -2.49. The van der Waals surface area contributed by atoms with Gasteiger partial charge in [-0.25, -0.2) is 18.4 Å². The molecule has 2 aliphatic heterocycles.